The van der Waals surface area contributed by atoms with Crippen LogP contribution in [0, 0.1) is 11.8 Å². The molecule has 0 aliphatic carbocycles. The maximum absolute atomic E-state index is 12.9. The van der Waals surface area contributed by atoms with Gasteiger partial charge in [0.15, 0.2) is 0 Å². The third-order valence-corrected chi connectivity index (χ3v) is 7.23. The number of benzene rings is 1. The summed E-state index contributed by atoms with van der Waals surface area (Å²) in [5, 5.41) is 3.33. The van der Waals surface area contributed by atoms with Gasteiger partial charge < -0.3 is 10.2 Å². The third kappa shape index (κ3) is 3.14. The Kier molecular flexibility index (Phi) is 5.44. The van der Waals surface area contributed by atoms with Gasteiger partial charge in [-0.3, -0.25) is 0 Å². The van der Waals surface area contributed by atoms with E-state index in [1.807, 2.05) is 25.1 Å². The van der Waals surface area contributed by atoms with Gasteiger partial charge in [-0.2, -0.15) is 4.31 Å². The zero-order valence-corrected chi connectivity index (χ0v) is 15.8. The smallest absolute Gasteiger partial charge is 0.244 e. The molecule has 2 aliphatic heterocycles. The summed E-state index contributed by atoms with van der Waals surface area (Å²) in [6, 6.07) is 5.46. The lowest BCUT2D eigenvalue weighted by molar-refractivity contribution is 0.447. The molecular weight excluding hydrogens is 390 g/mol. The van der Waals surface area contributed by atoms with Crippen LogP contribution in [0.2, 0.25) is 0 Å². The molecule has 2 heterocycles. The first-order chi connectivity index (χ1) is 9.89. The molecule has 1 N–H and O–H groups in total. The van der Waals surface area contributed by atoms with Gasteiger partial charge in [0.05, 0.1) is 4.90 Å². The number of fused-ring (bicyclic) bond motifs is 1. The van der Waals surface area contributed by atoms with Crippen molar-refractivity contribution in [3.8, 4) is 0 Å². The van der Waals surface area contributed by atoms with E-state index < -0.39 is 10.0 Å². The molecule has 0 spiro atoms. The highest BCUT2D eigenvalue weighted by Crippen LogP contribution is 2.34. The number of sulfonamides is 1. The fourth-order valence-electron chi connectivity index (χ4n) is 3.12. The Labute approximate surface area is 146 Å². The highest BCUT2D eigenvalue weighted by molar-refractivity contribution is 9.10. The quantitative estimate of drug-likeness (QED) is 0.825. The molecule has 22 heavy (non-hydrogen) atoms. The molecule has 8 heteroatoms. The SMILES string of the molecule is CN(C)c1ccc(Br)c(S(=O)(=O)N2C[C@H]3CNC[C@H]3C2)c1.Cl. The van der Waals surface area contributed by atoms with E-state index in [2.05, 4.69) is 21.2 Å². The summed E-state index contributed by atoms with van der Waals surface area (Å²) in [6.07, 6.45) is 0. The minimum atomic E-state index is -3.44. The Morgan fingerprint density at radius 3 is 2.36 bits per heavy atom. The van der Waals surface area contributed by atoms with Crippen molar-refractivity contribution in [1.29, 1.82) is 0 Å². The van der Waals surface area contributed by atoms with Gasteiger partial charge in [0.1, 0.15) is 0 Å². The van der Waals surface area contributed by atoms with Crippen molar-refractivity contribution >= 4 is 44.0 Å². The molecule has 2 atom stereocenters. The largest absolute Gasteiger partial charge is 0.378 e. The Bertz CT molecular complexity index is 641. The van der Waals surface area contributed by atoms with Crippen molar-refractivity contribution in [2.75, 3.05) is 45.2 Å². The monoisotopic (exact) mass is 409 g/mol. The number of hydrogen-bond acceptors (Lipinski definition) is 4. The van der Waals surface area contributed by atoms with Crippen molar-refractivity contribution < 1.29 is 8.42 Å². The van der Waals surface area contributed by atoms with Crippen molar-refractivity contribution in [3.63, 3.8) is 0 Å². The lowest BCUT2D eigenvalue weighted by Gasteiger charge is -2.20. The summed E-state index contributed by atoms with van der Waals surface area (Å²) >= 11 is 3.39. The Morgan fingerprint density at radius 2 is 1.82 bits per heavy atom. The number of hydrogen-bond donors (Lipinski definition) is 1. The van der Waals surface area contributed by atoms with Crippen LogP contribution in [0.4, 0.5) is 5.69 Å². The third-order valence-electron chi connectivity index (χ3n) is 4.41. The Morgan fingerprint density at radius 1 is 1.23 bits per heavy atom. The lowest BCUT2D eigenvalue weighted by Crippen LogP contribution is -2.32. The summed E-state index contributed by atoms with van der Waals surface area (Å²) in [5.41, 5.74) is 0.887. The summed E-state index contributed by atoms with van der Waals surface area (Å²) < 4.78 is 28.1. The molecule has 0 bridgehead atoms. The normalized spacial score (nSPS) is 24.9. The van der Waals surface area contributed by atoms with Crippen molar-refractivity contribution in [2.24, 2.45) is 11.8 Å². The van der Waals surface area contributed by atoms with Gasteiger partial charge in [0.2, 0.25) is 10.0 Å². The zero-order chi connectivity index (χ0) is 15.2. The molecule has 2 aliphatic rings. The Balaban J connectivity index is 0.00000176. The topological polar surface area (TPSA) is 52.7 Å². The van der Waals surface area contributed by atoms with Gasteiger partial charge in [-0.05, 0) is 59.1 Å². The molecule has 0 amide bonds. The maximum atomic E-state index is 12.9. The Hall–Kier alpha value is -0.340. The number of rotatable bonds is 3. The van der Waals surface area contributed by atoms with Crippen LogP contribution in [0.15, 0.2) is 27.6 Å². The van der Waals surface area contributed by atoms with Gasteiger partial charge in [0.25, 0.3) is 0 Å². The van der Waals surface area contributed by atoms with Gasteiger partial charge in [-0.25, -0.2) is 8.42 Å². The van der Waals surface area contributed by atoms with E-state index in [0.29, 0.717) is 34.3 Å². The average molecular weight is 411 g/mol. The van der Waals surface area contributed by atoms with Crippen LogP contribution in [-0.4, -0.2) is 53.0 Å². The minimum Gasteiger partial charge on any atom is -0.378 e. The standard InChI is InChI=1S/C14H20BrN3O2S.ClH/c1-17(2)12-3-4-13(15)14(5-12)21(19,20)18-8-10-6-16-7-11(10)9-18;/h3-5,10-11,16H,6-9H2,1-2H3;1H/t10-,11+;. The second-order valence-corrected chi connectivity index (χ2v) is 8.77. The first-order valence-electron chi connectivity index (χ1n) is 7.07. The van der Waals surface area contributed by atoms with E-state index >= 15 is 0 Å². The van der Waals surface area contributed by atoms with Crippen molar-refractivity contribution in [2.45, 2.75) is 4.90 Å². The summed E-state index contributed by atoms with van der Waals surface area (Å²) in [6.45, 7) is 3.10. The van der Waals surface area contributed by atoms with Crippen LogP contribution in [0.5, 0.6) is 0 Å². The molecule has 124 valence electrons. The molecule has 2 saturated heterocycles. The van der Waals surface area contributed by atoms with Crippen LogP contribution in [0.1, 0.15) is 0 Å². The molecule has 3 rings (SSSR count). The number of anilines is 1. The second kappa shape index (κ2) is 6.65. The predicted octanol–water partition coefficient (Wildman–Crippen LogP) is 1.78. The minimum absolute atomic E-state index is 0. The van der Waals surface area contributed by atoms with E-state index in [1.165, 1.54) is 0 Å². The van der Waals surface area contributed by atoms with E-state index in [4.69, 9.17) is 0 Å². The molecule has 1 aromatic rings. The van der Waals surface area contributed by atoms with Crippen molar-refractivity contribution in [1.82, 2.24) is 9.62 Å². The molecule has 0 saturated carbocycles. The molecule has 1 aromatic carbocycles. The summed E-state index contributed by atoms with van der Waals surface area (Å²) in [5.74, 6) is 0.908. The zero-order valence-electron chi connectivity index (χ0n) is 12.6. The van der Waals surface area contributed by atoms with Crippen LogP contribution < -0.4 is 10.2 Å². The number of nitrogens with one attached hydrogen (secondary N) is 1. The average Bonchev–Trinajstić information content (AvgIpc) is 2.99. The number of nitrogens with zero attached hydrogens (tertiary/aromatic N) is 2. The van der Waals surface area contributed by atoms with Crippen LogP contribution >= 0.6 is 28.3 Å². The molecule has 0 aromatic heterocycles. The van der Waals surface area contributed by atoms with Gasteiger partial charge in [-0.1, -0.05) is 0 Å². The highest BCUT2D eigenvalue weighted by atomic mass is 79.9. The lowest BCUT2D eigenvalue weighted by atomic mass is 10.0. The molecular formula is C14H21BrClN3O2S. The van der Waals surface area contributed by atoms with Gasteiger partial charge >= 0.3 is 0 Å². The van der Waals surface area contributed by atoms with Gasteiger partial charge in [-0.15, -0.1) is 12.4 Å². The first-order valence-corrected chi connectivity index (χ1v) is 9.30. The van der Waals surface area contributed by atoms with E-state index in [0.717, 1.165) is 18.8 Å². The molecule has 0 radical (unpaired) electrons. The van der Waals surface area contributed by atoms with E-state index in [-0.39, 0.29) is 12.4 Å². The molecule has 2 fully saturated rings. The number of halogens is 2. The van der Waals surface area contributed by atoms with Crippen LogP contribution in [0.3, 0.4) is 0 Å². The van der Waals surface area contributed by atoms with Gasteiger partial charge in [0, 0.05) is 37.3 Å². The van der Waals surface area contributed by atoms with E-state index in [9.17, 15) is 8.42 Å². The highest BCUT2D eigenvalue weighted by Gasteiger charge is 2.42. The predicted molar refractivity (Wildman–Crippen MR) is 94.3 cm³/mol. The van der Waals surface area contributed by atoms with Crippen LogP contribution in [0.25, 0.3) is 0 Å². The second-order valence-electron chi connectivity index (χ2n) is 6.01. The summed E-state index contributed by atoms with van der Waals surface area (Å²) in [7, 11) is 0.381. The molecule has 0 unspecified atom stereocenters. The summed E-state index contributed by atoms with van der Waals surface area (Å²) in [4.78, 5) is 2.27. The fraction of sp³-hybridized carbons (Fsp3) is 0.571. The van der Waals surface area contributed by atoms with E-state index in [1.54, 1.807) is 16.4 Å². The molecule has 5 nitrogen and oxygen atoms in total. The maximum Gasteiger partial charge on any atom is 0.244 e. The fourth-order valence-corrected chi connectivity index (χ4v) is 5.61. The van der Waals surface area contributed by atoms with Crippen molar-refractivity contribution in [3.05, 3.63) is 22.7 Å². The van der Waals surface area contributed by atoms with Crippen LogP contribution in [-0.2, 0) is 10.0 Å². The first kappa shape index (κ1) is 18.0.